The second-order valence-electron chi connectivity index (χ2n) is 0.724. The average Bonchev–Trinajstić information content (AvgIpc) is 1.37. The van der Waals surface area contributed by atoms with Gasteiger partial charge in [0.15, 0.2) is 0 Å². The van der Waals surface area contributed by atoms with E-state index in [4.69, 9.17) is 5.11 Å². The van der Waals surface area contributed by atoms with Crippen LogP contribution in [-0.4, -0.2) is 36.1 Å². The standard InChI is InChI=1S/C2H5O.In.2H/c1-2-3;;;/h3H,1-2H2;;;. The van der Waals surface area contributed by atoms with Gasteiger partial charge in [0.25, 0.3) is 0 Å². The summed E-state index contributed by atoms with van der Waals surface area (Å²) in [7, 11) is 0. The van der Waals surface area contributed by atoms with Crippen LogP contribution in [0.2, 0.25) is 4.18 Å². The first kappa shape index (κ1) is 4.83. The van der Waals surface area contributed by atoms with E-state index in [-0.39, 0.29) is 0 Å². The fourth-order valence-electron chi connectivity index (χ4n) is 0. The van der Waals surface area contributed by atoms with Gasteiger partial charge in [-0.05, 0) is 0 Å². The van der Waals surface area contributed by atoms with Crippen molar-refractivity contribution in [1.82, 2.24) is 0 Å². The predicted molar refractivity (Wildman–Crippen MR) is 20.4 cm³/mol. The quantitative estimate of drug-likeness (QED) is 0.525. The molecule has 0 unspecified atom stereocenters. The van der Waals surface area contributed by atoms with Crippen LogP contribution in [0.3, 0.4) is 0 Å². The molecule has 0 radical (unpaired) electrons. The minimum atomic E-state index is 0.413. The maximum absolute atomic E-state index is 7.93. The van der Waals surface area contributed by atoms with Gasteiger partial charge in [-0.1, -0.05) is 0 Å². The van der Waals surface area contributed by atoms with Gasteiger partial charge >= 0.3 is 40.3 Å². The number of aliphatic hydroxyl groups is 1. The van der Waals surface area contributed by atoms with Gasteiger partial charge in [0.2, 0.25) is 0 Å². The molecule has 0 aromatic carbocycles. The Kier molecular flexibility index (Phi) is 4.63. The van der Waals surface area contributed by atoms with Crippen LogP contribution in [0.25, 0.3) is 0 Å². The molecular formula is C2H7InO. The molecule has 24 valence electrons. The van der Waals surface area contributed by atoms with Gasteiger partial charge in [-0.2, -0.15) is 0 Å². The van der Waals surface area contributed by atoms with Gasteiger partial charge < -0.3 is 0 Å². The zero-order valence-electron chi connectivity index (χ0n) is 2.86. The normalized spacial score (nSPS) is 7.25. The van der Waals surface area contributed by atoms with Crippen LogP contribution in [0.5, 0.6) is 0 Å². The summed E-state index contributed by atoms with van der Waals surface area (Å²) < 4.78 is 1.08. The van der Waals surface area contributed by atoms with Crippen molar-refractivity contribution < 1.29 is 5.11 Å². The number of hydrogen-bond acceptors (Lipinski definition) is 1. The Morgan fingerprint density at radius 2 is 2.00 bits per heavy atom. The summed E-state index contributed by atoms with van der Waals surface area (Å²) in [6.45, 7) is 0.413. The van der Waals surface area contributed by atoms with Crippen LogP contribution < -0.4 is 0 Å². The molecule has 0 fully saturated rings. The first-order valence-electron chi connectivity index (χ1n) is 1.52. The van der Waals surface area contributed by atoms with E-state index in [0.29, 0.717) is 6.61 Å². The van der Waals surface area contributed by atoms with Gasteiger partial charge in [0.05, 0.1) is 0 Å². The second-order valence-corrected chi connectivity index (χ2v) is 3.58. The van der Waals surface area contributed by atoms with E-state index in [1.807, 2.05) is 0 Å². The van der Waals surface area contributed by atoms with E-state index in [2.05, 4.69) is 0 Å². The van der Waals surface area contributed by atoms with Crippen molar-refractivity contribution in [2.45, 2.75) is 4.18 Å². The molecule has 1 N–H and O–H groups in total. The van der Waals surface area contributed by atoms with E-state index < -0.39 is 0 Å². The van der Waals surface area contributed by atoms with Gasteiger partial charge in [-0.25, -0.2) is 0 Å². The van der Waals surface area contributed by atoms with Crippen LogP contribution in [0.4, 0.5) is 0 Å². The van der Waals surface area contributed by atoms with Crippen molar-refractivity contribution in [2.75, 3.05) is 6.61 Å². The molecule has 0 heterocycles. The zero-order valence-corrected chi connectivity index (χ0v) is 8.57. The molecule has 4 heavy (non-hydrogen) atoms. The summed E-state index contributed by atoms with van der Waals surface area (Å²) in [4.78, 5) is 0. The van der Waals surface area contributed by atoms with E-state index in [9.17, 15) is 0 Å². The van der Waals surface area contributed by atoms with Crippen molar-refractivity contribution in [3.8, 4) is 0 Å². The van der Waals surface area contributed by atoms with Gasteiger partial charge in [0.1, 0.15) is 0 Å². The molecule has 0 spiro atoms. The first-order valence-corrected chi connectivity index (χ1v) is 5.56. The Hall–Kier alpha value is 0.830. The Morgan fingerprint density at radius 3 is 2.00 bits per heavy atom. The molecule has 0 rings (SSSR count). The molecule has 0 aliphatic carbocycles. The van der Waals surface area contributed by atoms with Crippen molar-refractivity contribution in [3.63, 3.8) is 0 Å². The summed E-state index contributed by atoms with van der Waals surface area (Å²) in [5.74, 6) is 0. The Labute approximate surface area is 40.6 Å². The van der Waals surface area contributed by atoms with Crippen LogP contribution in [-0.2, 0) is 0 Å². The third-order valence-electron chi connectivity index (χ3n) is 0.224. The van der Waals surface area contributed by atoms with Crippen molar-refractivity contribution in [3.05, 3.63) is 0 Å². The third kappa shape index (κ3) is 2.83. The fraction of sp³-hybridized carbons (Fsp3) is 1.00. The summed E-state index contributed by atoms with van der Waals surface area (Å²) in [5.41, 5.74) is 0. The number of rotatable bonds is 1. The third-order valence-corrected chi connectivity index (χ3v) is 1.50. The number of hydrogen-bond donors (Lipinski definition) is 1. The molecule has 0 aromatic heterocycles. The van der Waals surface area contributed by atoms with Crippen LogP contribution in [0.1, 0.15) is 0 Å². The SMILES string of the molecule is OC[CH2][InH2]. The molecule has 1 nitrogen and oxygen atoms in total. The van der Waals surface area contributed by atoms with E-state index >= 15 is 0 Å². The molecule has 0 saturated carbocycles. The van der Waals surface area contributed by atoms with Crippen LogP contribution in [0.15, 0.2) is 0 Å². The van der Waals surface area contributed by atoms with E-state index in [0.717, 1.165) is 28.6 Å². The van der Waals surface area contributed by atoms with E-state index in [1.165, 1.54) is 0 Å². The Morgan fingerprint density at radius 1 is 1.75 bits per heavy atom. The van der Waals surface area contributed by atoms with Gasteiger partial charge in [-0.3, -0.25) is 0 Å². The van der Waals surface area contributed by atoms with Gasteiger partial charge in [0, 0.05) is 0 Å². The molecule has 2 heteroatoms. The predicted octanol–water partition coefficient (Wildman–Crippen LogP) is -0.970. The van der Waals surface area contributed by atoms with Crippen molar-refractivity contribution >= 4 is 24.4 Å². The molecule has 0 aliphatic heterocycles. The molecule has 0 atom stereocenters. The molecule has 0 saturated heterocycles. The van der Waals surface area contributed by atoms with Crippen LogP contribution in [0, 0.1) is 0 Å². The maximum atomic E-state index is 7.93. The fourth-order valence-corrected chi connectivity index (χ4v) is 0. The Balaban J connectivity index is 1.97. The zero-order chi connectivity index (χ0) is 3.41. The average molecular weight is 162 g/mol. The molecule has 0 amide bonds. The minimum absolute atomic E-state index is 0.413. The molecule has 0 bridgehead atoms. The van der Waals surface area contributed by atoms with Crippen molar-refractivity contribution in [1.29, 1.82) is 0 Å². The molecule has 0 aromatic rings. The Bertz CT molecular complexity index is 8.00. The monoisotopic (exact) mass is 162 g/mol. The summed E-state index contributed by atoms with van der Waals surface area (Å²) in [5, 5.41) is 7.93. The van der Waals surface area contributed by atoms with Crippen molar-refractivity contribution in [2.24, 2.45) is 0 Å². The topological polar surface area (TPSA) is 20.2 Å². The summed E-state index contributed by atoms with van der Waals surface area (Å²) >= 11 is 0.735. The van der Waals surface area contributed by atoms with E-state index in [1.54, 1.807) is 0 Å². The second kappa shape index (κ2) is 3.83. The first-order chi connectivity index (χ1) is 1.91. The summed E-state index contributed by atoms with van der Waals surface area (Å²) in [6.07, 6.45) is 0. The number of aliphatic hydroxyl groups excluding tert-OH is 1. The summed E-state index contributed by atoms with van der Waals surface area (Å²) in [6, 6.07) is 0. The van der Waals surface area contributed by atoms with Gasteiger partial charge in [-0.15, -0.1) is 0 Å². The molecular weight excluding hydrogens is 155 g/mol. The van der Waals surface area contributed by atoms with Crippen LogP contribution >= 0.6 is 0 Å². The molecule has 0 aliphatic rings.